The van der Waals surface area contributed by atoms with Crippen molar-refractivity contribution in [3.8, 4) is 0 Å². The highest BCUT2D eigenvalue weighted by Gasteiger charge is 2.62. The van der Waals surface area contributed by atoms with Crippen molar-refractivity contribution in [2.75, 3.05) is 26.2 Å². The zero-order valence-electron chi connectivity index (χ0n) is 19.7. The van der Waals surface area contributed by atoms with Crippen molar-refractivity contribution < 1.29 is 15.0 Å². The van der Waals surface area contributed by atoms with Gasteiger partial charge in [0.05, 0.1) is 12.1 Å². The quantitative estimate of drug-likeness (QED) is 0.620. The molecular formula is C26H44N2O3. The average Bonchev–Trinajstić information content (AvgIpc) is 3.35. The Labute approximate surface area is 188 Å². The van der Waals surface area contributed by atoms with Gasteiger partial charge >= 0.3 is 0 Å². The molecule has 0 aromatic rings. The number of hydrazine groups is 1. The number of carbonyl (C=O) groups is 1. The fourth-order valence-electron chi connectivity index (χ4n) is 9.49. The van der Waals surface area contributed by atoms with Crippen LogP contribution in [-0.2, 0) is 4.79 Å². The van der Waals surface area contributed by atoms with Crippen LogP contribution >= 0.6 is 0 Å². The molecule has 1 heterocycles. The molecule has 5 fully saturated rings. The summed E-state index contributed by atoms with van der Waals surface area (Å²) in [5.74, 6) is 3.26. The molecule has 1 aliphatic heterocycles. The molecule has 0 radical (unpaired) electrons. The predicted octanol–water partition coefficient (Wildman–Crippen LogP) is 3.54. The summed E-state index contributed by atoms with van der Waals surface area (Å²) in [5.41, 5.74) is 3.20. The van der Waals surface area contributed by atoms with Crippen LogP contribution in [0.4, 0.5) is 0 Å². The molecule has 5 aliphatic rings. The number of Topliss-reactive ketones (excluding diaryl/α,β-unsaturated/α-hetero) is 1. The summed E-state index contributed by atoms with van der Waals surface area (Å²) in [4.78, 5) is 13.3. The van der Waals surface area contributed by atoms with Crippen molar-refractivity contribution >= 4 is 5.78 Å². The molecular weight excluding hydrogens is 388 g/mol. The van der Waals surface area contributed by atoms with Crippen molar-refractivity contribution in [1.82, 2.24) is 10.4 Å². The maximum absolute atomic E-state index is 13.3. The van der Waals surface area contributed by atoms with E-state index >= 15 is 0 Å². The summed E-state index contributed by atoms with van der Waals surface area (Å²) >= 11 is 0. The van der Waals surface area contributed by atoms with Gasteiger partial charge in [-0.2, -0.15) is 0 Å². The third-order valence-electron chi connectivity index (χ3n) is 10.9. The van der Waals surface area contributed by atoms with Crippen molar-refractivity contribution in [3.63, 3.8) is 0 Å². The Morgan fingerprint density at radius 1 is 1.06 bits per heavy atom. The molecule has 3 N–H and O–H groups in total. The number of carbonyl (C=O) groups excluding carboxylic acids is 1. The summed E-state index contributed by atoms with van der Waals surface area (Å²) < 4.78 is 0. The largest absolute Gasteiger partial charge is 0.396 e. The van der Waals surface area contributed by atoms with Gasteiger partial charge in [-0.25, -0.2) is 5.01 Å². The maximum atomic E-state index is 13.3. The van der Waals surface area contributed by atoms with Gasteiger partial charge in [-0.05, 0) is 112 Å². The molecule has 0 bridgehead atoms. The topological polar surface area (TPSA) is 72.8 Å². The molecule has 0 spiro atoms. The molecule has 8 atom stereocenters. The van der Waals surface area contributed by atoms with Crippen LogP contribution in [0.3, 0.4) is 0 Å². The number of nitrogens with one attached hydrogen (secondary N) is 1. The molecule has 0 aromatic carbocycles. The number of aliphatic hydroxyl groups excluding tert-OH is 1. The van der Waals surface area contributed by atoms with Gasteiger partial charge in [0, 0.05) is 25.6 Å². The number of ketones is 1. The van der Waals surface area contributed by atoms with Crippen molar-refractivity contribution in [2.45, 2.75) is 90.1 Å². The van der Waals surface area contributed by atoms with Crippen LogP contribution in [0.5, 0.6) is 0 Å². The van der Waals surface area contributed by atoms with E-state index in [1.54, 1.807) is 0 Å². The molecule has 31 heavy (non-hydrogen) atoms. The number of nitrogens with zero attached hydrogens (tertiary/aromatic N) is 1. The standard InChI is InChI=1S/C26H44N2O3/c1-24(31)10-11-26(12-15-29)18(16-24)4-5-19-20-6-7-22(25(20,2)9-8-21(19)26)23(30)17-28-14-3-13-27-28/h18-22,27,29,31H,3-17H2,1-2H3/t18-,19-,20-,21-,22+,24+,25-,26+/m0/s1. The Hall–Kier alpha value is -0.490. The van der Waals surface area contributed by atoms with E-state index < -0.39 is 5.60 Å². The lowest BCUT2D eigenvalue weighted by Gasteiger charge is -2.63. The van der Waals surface area contributed by atoms with Crippen LogP contribution in [0.25, 0.3) is 0 Å². The molecule has 0 amide bonds. The molecule has 176 valence electrons. The Balaban J connectivity index is 1.36. The lowest BCUT2D eigenvalue weighted by molar-refractivity contribution is -0.163. The van der Waals surface area contributed by atoms with Gasteiger partial charge in [-0.1, -0.05) is 6.92 Å². The van der Waals surface area contributed by atoms with Gasteiger partial charge in [0.25, 0.3) is 0 Å². The zero-order chi connectivity index (χ0) is 21.9. The first-order chi connectivity index (χ1) is 14.8. The molecule has 4 saturated carbocycles. The smallest absolute Gasteiger partial charge is 0.151 e. The second kappa shape index (κ2) is 8.07. The van der Waals surface area contributed by atoms with Crippen LogP contribution in [0.2, 0.25) is 0 Å². The van der Waals surface area contributed by atoms with Gasteiger partial charge < -0.3 is 10.2 Å². The first-order valence-corrected chi connectivity index (χ1v) is 13.1. The predicted molar refractivity (Wildman–Crippen MR) is 121 cm³/mol. The average molecular weight is 433 g/mol. The van der Waals surface area contributed by atoms with E-state index in [-0.39, 0.29) is 23.4 Å². The summed E-state index contributed by atoms with van der Waals surface area (Å²) in [6.45, 7) is 7.31. The van der Waals surface area contributed by atoms with E-state index in [1.807, 2.05) is 6.92 Å². The normalized spacial score (nSPS) is 50.0. The zero-order valence-corrected chi connectivity index (χ0v) is 19.7. The van der Waals surface area contributed by atoms with Crippen LogP contribution in [0, 0.1) is 40.4 Å². The van der Waals surface area contributed by atoms with E-state index in [4.69, 9.17) is 0 Å². The highest BCUT2D eigenvalue weighted by molar-refractivity contribution is 5.84. The Bertz CT molecular complexity index is 690. The van der Waals surface area contributed by atoms with Crippen molar-refractivity contribution in [3.05, 3.63) is 0 Å². The van der Waals surface area contributed by atoms with E-state index in [1.165, 1.54) is 32.1 Å². The summed E-state index contributed by atoms with van der Waals surface area (Å²) in [6.07, 6.45) is 12.0. The highest BCUT2D eigenvalue weighted by atomic mass is 16.3. The Morgan fingerprint density at radius 3 is 2.65 bits per heavy atom. The van der Waals surface area contributed by atoms with Crippen LogP contribution in [0.15, 0.2) is 0 Å². The fraction of sp³-hybridized carbons (Fsp3) is 0.962. The molecule has 1 saturated heterocycles. The maximum Gasteiger partial charge on any atom is 0.151 e. The fourth-order valence-corrected chi connectivity index (χ4v) is 9.49. The van der Waals surface area contributed by atoms with Gasteiger partial charge in [0.2, 0.25) is 0 Å². The summed E-state index contributed by atoms with van der Waals surface area (Å²) in [5, 5.41) is 23.0. The van der Waals surface area contributed by atoms with Crippen LogP contribution < -0.4 is 5.43 Å². The lowest BCUT2D eigenvalue weighted by atomic mass is 9.42. The third kappa shape index (κ3) is 3.62. The first-order valence-electron chi connectivity index (χ1n) is 13.1. The minimum Gasteiger partial charge on any atom is -0.396 e. The number of fused-ring (bicyclic) bond motifs is 5. The van der Waals surface area contributed by atoms with Crippen molar-refractivity contribution in [1.29, 1.82) is 0 Å². The SMILES string of the molecule is C[C@@]1(O)CC[C@@]2(CCO)[C@@H](CC[C@H]3[C@@H]4CC[C@H](C(=O)CN5CCCN5)[C@@]4(C)CC[C@@H]32)C1. The van der Waals surface area contributed by atoms with Gasteiger partial charge in [0.15, 0.2) is 5.78 Å². The molecule has 4 aliphatic carbocycles. The van der Waals surface area contributed by atoms with Crippen LogP contribution in [0.1, 0.15) is 84.5 Å². The summed E-state index contributed by atoms with van der Waals surface area (Å²) in [7, 11) is 0. The van der Waals surface area contributed by atoms with Crippen molar-refractivity contribution in [2.24, 2.45) is 40.4 Å². The lowest BCUT2D eigenvalue weighted by Crippen LogP contribution is -2.57. The minimum absolute atomic E-state index is 0.158. The Morgan fingerprint density at radius 2 is 1.90 bits per heavy atom. The molecule has 5 rings (SSSR count). The van der Waals surface area contributed by atoms with Crippen LogP contribution in [-0.4, -0.2) is 52.8 Å². The number of hydrogen-bond donors (Lipinski definition) is 3. The minimum atomic E-state index is -0.534. The monoisotopic (exact) mass is 432 g/mol. The van der Waals surface area contributed by atoms with E-state index in [0.29, 0.717) is 36.0 Å². The van der Waals surface area contributed by atoms with Gasteiger partial charge in [-0.15, -0.1) is 0 Å². The molecule has 0 unspecified atom stereocenters. The van der Waals surface area contributed by atoms with Gasteiger partial charge in [-0.3, -0.25) is 10.2 Å². The summed E-state index contributed by atoms with van der Waals surface area (Å²) in [6, 6.07) is 0. The third-order valence-corrected chi connectivity index (χ3v) is 10.9. The Kier molecular flexibility index (Phi) is 5.81. The second-order valence-corrected chi connectivity index (χ2v) is 12.4. The first kappa shape index (κ1) is 22.3. The number of rotatable bonds is 5. The van der Waals surface area contributed by atoms with E-state index in [2.05, 4.69) is 17.4 Å². The number of aliphatic hydroxyl groups is 2. The highest BCUT2D eigenvalue weighted by Crippen LogP contribution is 2.69. The van der Waals surface area contributed by atoms with Gasteiger partial charge in [0.1, 0.15) is 0 Å². The number of hydrogen-bond acceptors (Lipinski definition) is 5. The second-order valence-electron chi connectivity index (χ2n) is 12.4. The molecule has 0 aromatic heterocycles. The van der Waals surface area contributed by atoms with E-state index in [0.717, 1.165) is 51.6 Å². The molecule has 5 nitrogen and oxygen atoms in total. The van der Waals surface area contributed by atoms with E-state index in [9.17, 15) is 15.0 Å². The molecule has 5 heteroatoms.